The van der Waals surface area contributed by atoms with Gasteiger partial charge >= 0.3 is 36.7 Å². The normalized spacial score (nSPS) is 13.1. The molecule has 0 saturated heterocycles. The first-order valence-corrected chi connectivity index (χ1v) is 10.1. The van der Waals surface area contributed by atoms with Crippen LogP contribution in [0.25, 0.3) is 0 Å². The number of halogens is 12. The minimum atomic E-state index is -6.13. The van der Waals surface area contributed by atoms with Crippen LogP contribution in [0, 0.1) is 0 Å². The standard InChI is InChI=1S/C21H12F12N4O2/c22-18(23,24)13(19(25,26)27)38-16-34-15(35-17(36-16)39-14(20(28,29)30)21(31,32)33)37(11-7-3-1-4-8-11)12-9-5-2-6-10-12/h1-10,13-14H. The van der Waals surface area contributed by atoms with Crippen molar-refractivity contribution in [2.24, 2.45) is 0 Å². The van der Waals surface area contributed by atoms with Crippen molar-refractivity contribution < 1.29 is 62.2 Å². The maximum absolute atomic E-state index is 13.1. The molecule has 1 heterocycles. The molecule has 0 N–H and O–H groups in total. The van der Waals surface area contributed by atoms with Crippen molar-refractivity contribution in [2.75, 3.05) is 4.90 Å². The van der Waals surface area contributed by atoms with Gasteiger partial charge in [-0.15, -0.1) is 4.98 Å². The molecule has 212 valence electrons. The summed E-state index contributed by atoms with van der Waals surface area (Å²) >= 11 is 0. The zero-order valence-corrected chi connectivity index (χ0v) is 18.6. The molecule has 18 heteroatoms. The van der Waals surface area contributed by atoms with Crippen LogP contribution in [-0.4, -0.2) is 51.9 Å². The summed E-state index contributed by atoms with van der Waals surface area (Å²) in [7, 11) is 0. The zero-order valence-electron chi connectivity index (χ0n) is 18.6. The molecule has 0 radical (unpaired) electrons. The first kappa shape index (κ1) is 29.6. The van der Waals surface area contributed by atoms with Crippen LogP contribution in [0.1, 0.15) is 0 Å². The molecule has 0 unspecified atom stereocenters. The quantitative estimate of drug-likeness (QED) is 0.279. The van der Waals surface area contributed by atoms with E-state index >= 15 is 0 Å². The van der Waals surface area contributed by atoms with E-state index in [1.54, 1.807) is 0 Å². The molecule has 3 aromatic rings. The Morgan fingerprint density at radius 1 is 0.487 bits per heavy atom. The second-order valence-corrected chi connectivity index (χ2v) is 7.37. The molecular formula is C21H12F12N4O2. The molecule has 39 heavy (non-hydrogen) atoms. The van der Waals surface area contributed by atoms with Crippen molar-refractivity contribution in [3.63, 3.8) is 0 Å². The molecule has 0 aliphatic carbocycles. The monoisotopic (exact) mass is 580 g/mol. The van der Waals surface area contributed by atoms with E-state index < -0.39 is 54.9 Å². The Bertz CT molecular complexity index is 1110. The van der Waals surface area contributed by atoms with Crippen molar-refractivity contribution in [2.45, 2.75) is 36.9 Å². The highest BCUT2D eigenvalue weighted by Crippen LogP contribution is 2.40. The molecule has 6 nitrogen and oxygen atoms in total. The van der Waals surface area contributed by atoms with E-state index in [1.807, 2.05) is 0 Å². The van der Waals surface area contributed by atoms with E-state index in [2.05, 4.69) is 24.4 Å². The van der Waals surface area contributed by atoms with E-state index in [0.29, 0.717) is 0 Å². The fourth-order valence-corrected chi connectivity index (χ4v) is 2.92. The van der Waals surface area contributed by atoms with E-state index in [-0.39, 0.29) is 11.4 Å². The molecule has 0 aliphatic rings. The Kier molecular flexibility index (Phi) is 8.07. The summed E-state index contributed by atoms with van der Waals surface area (Å²) in [6, 6.07) is 10.1. The molecule has 0 fully saturated rings. The minimum absolute atomic E-state index is 0.0400. The van der Waals surface area contributed by atoms with Crippen molar-refractivity contribution >= 4 is 17.3 Å². The maximum atomic E-state index is 13.1. The first-order chi connectivity index (χ1) is 17.9. The number of hydrogen-bond acceptors (Lipinski definition) is 6. The molecule has 1 aromatic heterocycles. The number of rotatable bonds is 7. The summed E-state index contributed by atoms with van der Waals surface area (Å²) in [5, 5.41) is 0. The largest absolute Gasteiger partial charge is 0.440 e. The van der Waals surface area contributed by atoms with Gasteiger partial charge in [0.15, 0.2) is 0 Å². The van der Waals surface area contributed by atoms with Crippen molar-refractivity contribution in [1.29, 1.82) is 0 Å². The molecular weight excluding hydrogens is 568 g/mol. The lowest BCUT2D eigenvalue weighted by atomic mass is 10.2. The van der Waals surface area contributed by atoms with Gasteiger partial charge in [0.25, 0.3) is 12.2 Å². The topological polar surface area (TPSA) is 60.4 Å². The highest BCUT2D eigenvalue weighted by Gasteiger charge is 2.61. The molecule has 0 aliphatic heterocycles. The van der Waals surface area contributed by atoms with Crippen molar-refractivity contribution in [3.8, 4) is 12.0 Å². The molecule has 2 aromatic carbocycles. The molecule has 0 bridgehead atoms. The van der Waals surface area contributed by atoms with E-state index in [1.165, 1.54) is 60.7 Å². The summed E-state index contributed by atoms with van der Waals surface area (Å²) in [4.78, 5) is 10.3. The number of nitrogens with zero attached hydrogens (tertiary/aromatic N) is 4. The van der Waals surface area contributed by atoms with Gasteiger partial charge in [0.1, 0.15) is 0 Å². The van der Waals surface area contributed by atoms with E-state index in [4.69, 9.17) is 0 Å². The predicted molar refractivity (Wildman–Crippen MR) is 108 cm³/mol. The van der Waals surface area contributed by atoms with Gasteiger partial charge in [-0.05, 0) is 24.3 Å². The van der Waals surface area contributed by atoms with Crippen LogP contribution >= 0.6 is 0 Å². The van der Waals surface area contributed by atoms with Crippen LogP contribution in [0.15, 0.2) is 60.7 Å². The third-order valence-corrected chi connectivity index (χ3v) is 4.45. The number of anilines is 3. The summed E-state index contributed by atoms with van der Waals surface area (Å²) in [6.07, 6.45) is -33.7. The van der Waals surface area contributed by atoms with Crippen LogP contribution in [0.2, 0.25) is 0 Å². The molecule has 0 saturated carbocycles. The van der Waals surface area contributed by atoms with Gasteiger partial charge in [-0.3, -0.25) is 4.90 Å². The number of benzene rings is 2. The van der Waals surface area contributed by atoms with Gasteiger partial charge in [0, 0.05) is 11.4 Å². The fourth-order valence-electron chi connectivity index (χ4n) is 2.92. The Balaban J connectivity index is 2.24. The van der Waals surface area contributed by atoms with Gasteiger partial charge in [-0.25, -0.2) is 0 Å². The second kappa shape index (κ2) is 10.6. The van der Waals surface area contributed by atoms with Crippen molar-refractivity contribution in [1.82, 2.24) is 15.0 Å². The highest BCUT2D eigenvalue weighted by atomic mass is 19.4. The van der Waals surface area contributed by atoms with Gasteiger partial charge in [-0.2, -0.15) is 62.7 Å². The number of alkyl halides is 12. The zero-order chi connectivity index (χ0) is 29.2. The number of ether oxygens (including phenoxy) is 2. The van der Waals surface area contributed by atoms with Gasteiger partial charge in [0.2, 0.25) is 5.95 Å². The maximum Gasteiger partial charge on any atom is 0.434 e. The van der Waals surface area contributed by atoms with Crippen molar-refractivity contribution in [3.05, 3.63) is 60.7 Å². The fraction of sp³-hybridized carbons (Fsp3) is 0.286. The SMILES string of the molecule is FC(F)(F)C(Oc1nc(OC(C(F)(F)F)C(F)(F)F)nc(N(c2ccccc2)c2ccccc2)n1)C(F)(F)F. The molecule has 0 spiro atoms. The van der Waals surface area contributed by atoms with Crippen LogP contribution in [-0.2, 0) is 0 Å². The Morgan fingerprint density at radius 3 is 1.08 bits per heavy atom. The van der Waals surface area contributed by atoms with Crippen LogP contribution in [0.3, 0.4) is 0 Å². The molecule has 0 amide bonds. The third-order valence-electron chi connectivity index (χ3n) is 4.45. The average Bonchev–Trinajstić information content (AvgIpc) is 2.80. The molecule has 0 atom stereocenters. The summed E-state index contributed by atoms with van der Waals surface area (Å²) in [5.41, 5.74) is 0.0800. The lowest BCUT2D eigenvalue weighted by Crippen LogP contribution is -2.47. The van der Waals surface area contributed by atoms with Crippen LogP contribution in [0.5, 0.6) is 12.0 Å². The summed E-state index contributed by atoms with van der Waals surface area (Å²) in [5.74, 6) is -1.03. The van der Waals surface area contributed by atoms with Crippen LogP contribution < -0.4 is 14.4 Å². The van der Waals surface area contributed by atoms with E-state index in [9.17, 15) is 52.7 Å². The van der Waals surface area contributed by atoms with Gasteiger partial charge < -0.3 is 9.47 Å². The molecule has 3 rings (SSSR count). The smallest absolute Gasteiger partial charge is 0.434 e. The van der Waals surface area contributed by atoms with Gasteiger partial charge in [0.05, 0.1) is 0 Å². The lowest BCUT2D eigenvalue weighted by molar-refractivity contribution is -0.302. The van der Waals surface area contributed by atoms with Crippen LogP contribution in [0.4, 0.5) is 70.0 Å². The predicted octanol–water partition coefficient (Wildman–Crippen LogP) is 7.09. The van der Waals surface area contributed by atoms with Gasteiger partial charge in [-0.1, -0.05) is 36.4 Å². The average molecular weight is 580 g/mol. The van der Waals surface area contributed by atoms with E-state index in [0.717, 1.165) is 4.90 Å². The Labute approximate surface area is 209 Å². The number of aromatic nitrogens is 3. The highest BCUT2D eigenvalue weighted by molar-refractivity contribution is 5.72. The third kappa shape index (κ3) is 7.53. The Morgan fingerprint density at radius 2 is 0.795 bits per heavy atom. The summed E-state index contributed by atoms with van der Waals surface area (Å²) < 4.78 is 164. The summed E-state index contributed by atoms with van der Waals surface area (Å²) in [6.45, 7) is 0. The number of para-hydroxylation sites is 2. The Hall–Kier alpha value is -3.99. The number of hydrogen-bond donors (Lipinski definition) is 0. The second-order valence-electron chi connectivity index (χ2n) is 7.37. The minimum Gasteiger partial charge on any atom is -0.440 e. The lowest BCUT2D eigenvalue weighted by Gasteiger charge is -2.26. The first-order valence-electron chi connectivity index (χ1n) is 10.1.